The Morgan fingerprint density at radius 1 is 1.06 bits per heavy atom. The summed E-state index contributed by atoms with van der Waals surface area (Å²) < 4.78 is 5.77. The van der Waals surface area contributed by atoms with Crippen LogP contribution >= 0.6 is 0 Å². The Labute approximate surface area is 184 Å². The van der Waals surface area contributed by atoms with Gasteiger partial charge in [0.15, 0.2) is 0 Å². The van der Waals surface area contributed by atoms with Crippen molar-refractivity contribution in [2.75, 3.05) is 49.5 Å². The summed E-state index contributed by atoms with van der Waals surface area (Å²) in [5.74, 6) is 1.38. The summed E-state index contributed by atoms with van der Waals surface area (Å²) in [5.41, 5.74) is 4.48. The van der Waals surface area contributed by atoms with Crippen molar-refractivity contribution in [1.29, 1.82) is 0 Å². The van der Waals surface area contributed by atoms with Crippen LogP contribution < -0.4 is 15.0 Å². The lowest BCUT2D eigenvalue weighted by molar-refractivity contribution is -0.115. The zero-order valence-electron chi connectivity index (χ0n) is 18.5. The summed E-state index contributed by atoms with van der Waals surface area (Å²) in [4.78, 5) is 16.2. The van der Waals surface area contributed by atoms with Crippen LogP contribution in [0.15, 0.2) is 42.5 Å². The quantitative estimate of drug-likeness (QED) is 0.684. The lowest BCUT2D eigenvalue weighted by Crippen LogP contribution is -2.49. The monoisotopic (exact) mass is 423 g/mol. The summed E-state index contributed by atoms with van der Waals surface area (Å²) >= 11 is 0. The van der Waals surface area contributed by atoms with E-state index < -0.39 is 6.10 Å². The van der Waals surface area contributed by atoms with Crippen molar-refractivity contribution in [2.45, 2.75) is 32.8 Å². The number of fused-ring (bicyclic) bond motifs is 1. The molecule has 2 aliphatic heterocycles. The van der Waals surface area contributed by atoms with Crippen LogP contribution in [0.1, 0.15) is 25.0 Å². The number of amides is 1. The van der Waals surface area contributed by atoms with Gasteiger partial charge in [-0.1, -0.05) is 26.0 Å². The second-order valence-electron chi connectivity index (χ2n) is 9.06. The third kappa shape index (κ3) is 5.77. The van der Waals surface area contributed by atoms with Crippen molar-refractivity contribution < 1.29 is 14.6 Å². The highest BCUT2D eigenvalue weighted by Crippen LogP contribution is 2.27. The normalized spacial score (nSPS) is 17.5. The molecule has 2 N–H and O–H groups in total. The number of aliphatic hydroxyl groups excluding tert-OH is 1. The zero-order valence-corrected chi connectivity index (χ0v) is 18.5. The largest absolute Gasteiger partial charge is 0.491 e. The topological polar surface area (TPSA) is 65.0 Å². The van der Waals surface area contributed by atoms with Crippen LogP contribution in [0.3, 0.4) is 0 Å². The predicted octanol–water partition coefficient (Wildman–Crippen LogP) is 2.94. The van der Waals surface area contributed by atoms with E-state index in [0.29, 0.717) is 24.6 Å². The molecule has 31 heavy (non-hydrogen) atoms. The number of benzene rings is 2. The number of β-amino-alcohol motifs (C(OH)–C–C–N with tert-alkyl or cyclic N) is 1. The maximum atomic E-state index is 11.5. The highest BCUT2D eigenvalue weighted by molar-refractivity contribution is 5.99. The smallest absolute Gasteiger partial charge is 0.228 e. The van der Waals surface area contributed by atoms with Crippen molar-refractivity contribution in [1.82, 2.24) is 4.90 Å². The molecule has 0 unspecified atom stereocenters. The lowest BCUT2D eigenvalue weighted by Gasteiger charge is -2.37. The molecule has 0 spiro atoms. The van der Waals surface area contributed by atoms with Gasteiger partial charge in [-0.05, 0) is 53.8 Å². The van der Waals surface area contributed by atoms with Gasteiger partial charge in [-0.3, -0.25) is 9.69 Å². The van der Waals surface area contributed by atoms with E-state index in [1.807, 2.05) is 18.2 Å². The Kier molecular flexibility index (Phi) is 6.78. The Hall–Kier alpha value is -2.57. The summed E-state index contributed by atoms with van der Waals surface area (Å²) in [7, 11) is 0. The number of nitrogens with zero attached hydrogens (tertiary/aromatic N) is 2. The summed E-state index contributed by atoms with van der Waals surface area (Å²) in [6, 6.07) is 14.5. The molecule has 1 amide bonds. The molecule has 0 saturated carbocycles. The number of carbonyl (C=O) groups excluding carboxylic acids is 1. The van der Waals surface area contributed by atoms with Crippen molar-refractivity contribution in [3.05, 3.63) is 53.6 Å². The molecule has 4 rings (SSSR count). The molecule has 2 heterocycles. The van der Waals surface area contributed by atoms with Gasteiger partial charge in [-0.2, -0.15) is 0 Å². The fourth-order valence-corrected chi connectivity index (χ4v) is 4.34. The first kappa shape index (κ1) is 21.7. The first-order valence-corrected chi connectivity index (χ1v) is 11.3. The molecular formula is C25H33N3O3. The Balaban J connectivity index is 1.20. The van der Waals surface area contributed by atoms with Crippen molar-refractivity contribution in [3.63, 3.8) is 0 Å². The van der Waals surface area contributed by atoms with Crippen molar-refractivity contribution in [2.24, 2.45) is 5.92 Å². The number of hydrogen-bond acceptors (Lipinski definition) is 5. The van der Waals surface area contributed by atoms with E-state index in [2.05, 4.69) is 53.2 Å². The van der Waals surface area contributed by atoms with E-state index in [1.165, 1.54) is 11.3 Å². The van der Waals surface area contributed by atoms with Gasteiger partial charge in [0.25, 0.3) is 0 Å². The van der Waals surface area contributed by atoms with Gasteiger partial charge >= 0.3 is 0 Å². The highest BCUT2D eigenvalue weighted by Gasteiger charge is 2.21. The minimum absolute atomic E-state index is 0.0119. The average Bonchev–Trinajstić information content (AvgIpc) is 3.12. The third-order valence-electron chi connectivity index (χ3n) is 5.93. The number of rotatable bonds is 8. The van der Waals surface area contributed by atoms with Crippen LogP contribution in [0.5, 0.6) is 5.75 Å². The second-order valence-corrected chi connectivity index (χ2v) is 9.06. The van der Waals surface area contributed by atoms with Crippen molar-refractivity contribution in [3.8, 4) is 5.75 Å². The fourth-order valence-electron chi connectivity index (χ4n) is 4.34. The number of ether oxygens (including phenoxy) is 1. The van der Waals surface area contributed by atoms with Crippen LogP contribution in [-0.2, 0) is 17.6 Å². The number of piperazine rings is 1. The molecule has 6 nitrogen and oxygen atoms in total. The molecule has 1 fully saturated rings. The van der Waals surface area contributed by atoms with Gasteiger partial charge in [0.2, 0.25) is 5.91 Å². The average molecular weight is 424 g/mol. The SMILES string of the molecule is CC(C)Cc1ccc(N2CCN(C[C@@H](O)COc3ccc4c(c3)CC(=O)N4)CC2)cc1. The number of anilines is 2. The van der Waals surface area contributed by atoms with Crippen LogP contribution in [-0.4, -0.2) is 61.3 Å². The summed E-state index contributed by atoms with van der Waals surface area (Å²) in [6.07, 6.45) is 0.962. The fraction of sp³-hybridized carbons (Fsp3) is 0.480. The van der Waals surface area contributed by atoms with E-state index >= 15 is 0 Å². The van der Waals surface area contributed by atoms with E-state index in [1.54, 1.807) is 0 Å². The van der Waals surface area contributed by atoms with Gasteiger partial charge in [-0.15, -0.1) is 0 Å². The molecule has 1 atom stereocenters. The van der Waals surface area contributed by atoms with Gasteiger partial charge in [0.05, 0.1) is 6.42 Å². The molecule has 2 aromatic rings. The van der Waals surface area contributed by atoms with Gasteiger partial charge in [-0.25, -0.2) is 0 Å². The maximum Gasteiger partial charge on any atom is 0.228 e. The second kappa shape index (κ2) is 9.71. The molecule has 6 heteroatoms. The zero-order chi connectivity index (χ0) is 21.8. The summed E-state index contributed by atoms with van der Waals surface area (Å²) in [5, 5.41) is 13.3. The van der Waals surface area contributed by atoms with Crippen LogP contribution in [0.4, 0.5) is 11.4 Å². The molecule has 2 aromatic carbocycles. The molecule has 166 valence electrons. The van der Waals surface area contributed by atoms with Crippen LogP contribution in [0.2, 0.25) is 0 Å². The maximum absolute atomic E-state index is 11.5. The number of nitrogens with one attached hydrogen (secondary N) is 1. The Morgan fingerprint density at radius 2 is 1.81 bits per heavy atom. The van der Waals surface area contributed by atoms with Gasteiger partial charge in [0.1, 0.15) is 18.5 Å². The van der Waals surface area contributed by atoms with Gasteiger partial charge in [0, 0.05) is 44.1 Å². The molecule has 0 bridgehead atoms. The standard InChI is InChI=1S/C25H33N3O3/c1-18(2)13-19-3-5-21(6-4-19)28-11-9-27(10-12-28)16-22(29)17-31-23-7-8-24-20(14-23)15-25(30)26-24/h3-8,14,18,22,29H,9-13,15-17H2,1-2H3,(H,26,30)/t22-/m1/s1. The predicted molar refractivity (Wildman–Crippen MR) is 124 cm³/mol. The molecule has 0 aliphatic carbocycles. The molecule has 0 radical (unpaired) electrons. The van der Waals surface area contributed by atoms with E-state index in [9.17, 15) is 9.90 Å². The van der Waals surface area contributed by atoms with Gasteiger partial charge < -0.3 is 20.1 Å². The van der Waals surface area contributed by atoms with E-state index in [-0.39, 0.29) is 12.5 Å². The first-order chi connectivity index (χ1) is 15.0. The number of aliphatic hydroxyl groups is 1. The Bertz CT molecular complexity index is 889. The first-order valence-electron chi connectivity index (χ1n) is 11.3. The van der Waals surface area contributed by atoms with E-state index in [0.717, 1.165) is 43.9 Å². The highest BCUT2D eigenvalue weighted by atomic mass is 16.5. The lowest BCUT2D eigenvalue weighted by atomic mass is 10.0. The third-order valence-corrected chi connectivity index (χ3v) is 5.93. The van der Waals surface area contributed by atoms with E-state index in [4.69, 9.17) is 4.74 Å². The summed E-state index contributed by atoms with van der Waals surface area (Å²) in [6.45, 7) is 9.13. The van der Waals surface area contributed by atoms with Crippen LogP contribution in [0, 0.1) is 5.92 Å². The molecule has 1 saturated heterocycles. The minimum Gasteiger partial charge on any atom is -0.491 e. The molecular weight excluding hydrogens is 390 g/mol. The molecule has 2 aliphatic rings. The molecule has 0 aromatic heterocycles. The number of hydrogen-bond donors (Lipinski definition) is 2. The van der Waals surface area contributed by atoms with Crippen molar-refractivity contribution >= 4 is 17.3 Å². The number of carbonyl (C=O) groups is 1. The minimum atomic E-state index is -0.546. The Morgan fingerprint density at radius 3 is 2.52 bits per heavy atom. The van der Waals surface area contributed by atoms with Crippen LogP contribution in [0.25, 0.3) is 0 Å².